The summed E-state index contributed by atoms with van der Waals surface area (Å²) in [5.41, 5.74) is -1.47. The molecule has 0 saturated carbocycles. The standard InChI is InChI=1S/C14H7F5O/c1-6-4-8(11(17)5-10(6)16)14(20)7-2-3-9(15)13(19)12(7)18/h2-5H,1H3. The van der Waals surface area contributed by atoms with Gasteiger partial charge in [0, 0.05) is 6.07 Å². The molecule has 0 aromatic heterocycles. The van der Waals surface area contributed by atoms with Crippen LogP contribution in [-0.4, -0.2) is 5.78 Å². The zero-order valence-corrected chi connectivity index (χ0v) is 10.1. The topological polar surface area (TPSA) is 17.1 Å². The van der Waals surface area contributed by atoms with E-state index in [2.05, 4.69) is 0 Å². The summed E-state index contributed by atoms with van der Waals surface area (Å²) in [6, 6.07) is 2.61. The smallest absolute Gasteiger partial charge is 0.199 e. The van der Waals surface area contributed by atoms with Crippen molar-refractivity contribution < 1.29 is 26.7 Å². The Morgan fingerprint density at radius 2 is 1.45 bits per heavy atom. The fourth-order valence-corrected chi connectivity index (χ4v) is 1.68. The third-order valence-electron chi connectivity index (χ3n) is 2.77. The maximum Gasteiger partial charge on any atom is 0.199 e. The molecule has 2 aromatic rings. The minimum atomic E-state index is -1.82. The Hall–Kier alpha value is -2.24. The summed E-state index contributed by atoms with van der Waals surface area (Å²) in [5, 5.41) is 0. The minimum Gasteiger partial charge on any atom is -0.288 e. The lowest BCUT2D eigenvalue weighted by molar-refractivity contribution is 0.103. The molecule has 104 valence electrons. The fourth-order valence-electron chi connectivity index (χ4n) is 1.68. The van der Waals surface area contributed by atoms with Crippen LogP contribution in [0.25, 0.3) is 0 Å². The summed E-state index contributed by atoms with van der Waals surface area (Å²) < 4.78 is 65.9. The fraction of sp³-hybridized carbons (Fsp3) is 0.0714. The zero-order valence-electron chi connectivity index (χ0n) is 10.1. The molecule has 0 saturated heterocycles. The molecule has 0 spiro atoms. The minimum absolute atomic E-state index is 0.0299. The van der Waals surface area contributed by atoms with Crippen molar-refractivity contribution in [3.8, 4) is 0 Å². The first-order valence-corrected chi connectivity index (χ1v) is 5.46. The van der Waals surface area contributed by atoms with Crippen LogP contribution in [0, 0.1) is 36.0 Å². The average molecular weight is 286 g/mol. The summed E-state index contributed by atoms with van der Waals surface area (Å²) in [7, 11) is 0. The van der Waals surface area contributed by atoms with Crippen LogP contribution in [-0.2, 0) is 0 Å². The molecule has 0 radical (unpaired) electrons. The van der Waals surface area contributed by atoms with Crippen LogP contribution in [0.1, 0.15) is 21.5 Å². The number of benzene rings is 2. The van der Waals surface area contributed by atoms with E-state index in [1.165, 1.54) is 6.92 Å². The lowest BCUT2D eigenvalue weighted by Crippen LogP contribution is -2.10. The lowest BCUT2D eigenvalue weighted by atomic mass is 10.00. The van der Waals surface area contributed by atoms with Gasteiger partial charge in [0.1, 0.15) is 11.6 Å². The number of halogens is 5. The van der Waals surface area contributed by atoms with E-state index in [4.69, 9.17) is 0 Å². The normalized spacial score (nSPS) is 10.7. The van der Waals surface area contributed by atoms with Crippen molar-refractivity contribution >= 4 is 5.78 Å². The first-order valence-electron chi connectivity index (χ1n) is 5.46. The van der Waals surface area contributed by atoms with Crippen LogP contribution in [0.2, 0.25) is 0 Å². The highest BCUT2D eigenvalue weighted by Gasteiger charge is 2.23. The molecule has 0 amide bonds. The van der Waals surface area contributed by atoms with Gasteiger partial charge in [-0.25, -0.2) is 22.0 Å². The summed E-state index contributed by atoms with van der Waals surface area (Å²) in [4.78, 5) is 11.9. The number of aryl methyl sites for hydroxylation is 1. The Balaban J connectivity index is 2.58. The first kappa shape index (κ1) is 14.2. The molecule has 0 atom stereocenters. The Morgan fingerprint density at radius 1 is 0.800 bits per heavy atom. The highest BCUT2D eigenvalue weighted by molar-refractivity contribution is 6.09. The summed E-state index contributed by atoms with van der Waals surface area (Å²) >= 11 is 0. The van der Waals surface area contributed by atoms with Gasteiger partial charge < -0.3 is 0 Å². The predicted molar refractivity (Wildman–Crippen MR) is 60.8 cm³/mol. The molecule has 0 N–H and O–H groups in total. The summed E-state index contributed by atoms with van der Waals surface area (Å²) in [6.07, 6.45) is 0. The summed E-state index contributed by atoms with van der Waals surface area (Å²) in [6.45, 7) is 1.28. The van der Waals surface area contributed by atoms with Crippen molar-refractivity contribution in [3.63, 3.8) is 0 Å². The number of carbonyl (C=O) groups excluding carboxylic acids is 1. The van der Waals surface area contributed by atoms with Crippen molar-refractivity contribution in [1.29, 1.82) is 0 Å². The first-order chi connectivity index (χ1) is 9.32. The number of carbonyl (C=O) groups is 1. The van der Waals surface area contributed by atoms with Gasteiger partial charge in [0.05, 0.1) is 11.1 Å². The van der Waals surface area contributed by atoms with Crippen LogP contribution >= 0.6 is 0 Å². The molecular weight excluding hydrogens is 279 g/mol. The Kier molecular flexibility index (Phi) is 3.57. The van der Waals surface area contributed by atoms with Crippen LogP contribution in [0.5, 0.6) is 0 Å². The maximum atomic E-state index is 13.5. The molecular formula is C14H7F5O. The third-order valence-corrected chi connectivity index (χ3v) is 2.77. The van der Waals surface area contributed by atoms with Crippen LogP contribution in [0.4, 0.5) is 22.0 Å². The number of rotatable bonds is 2. The molecule has 1 nitrogen and oxygen atoms in total. The van der Waals surface area contributed by atoms with Gasteiger partial charge in [0.25, 0.3) is 0 Å². The molecule has 0 fully saturated rings. The molecule has 0 bridgehead atoms. The van der Waals surface area contributed by atoms with E-state index >= 15 is 0 Å². The van der Waals surface area contributed by atoms with Crippen molar-refractivity contribution in [1.82, 2.24) is 0 Å². The van der Waals surface area contributed by atoms with Gasteiger partial charge in [-0.2, -0.15) is 0 Å². The van der Waals surface area contributed by atoms with Crippen molar-refractivity contribution in [2.75, 3.05) is 0 Å². The van der Waals surface area contributed by atoms with Crippen molar-refractivity contribution in [3.05, 3.63) is 70.0 Å². The molecule has 20 heavy (non-hydrogen) atoms. The number of hydrogen-bond acceptors (Lipinski definition) is 1. The van der Waals surface area contributed by atoms with Gasteiger partial charge in [0.2, 0.25) is 0 Å². The van der Waals surface area contributed by atoms with Gasteiger partial charge in [-0.15, -0.1) is 0 Å². The second-order valence-electron chi connectivity index (χ2n) is 4.13. The van der Waals surface area contributed by atoms with Gasteiger partial charge in [-0.3, -0.25) is 4.79 Å². The summed E-state index contributed by atoms with van der Waals surface area (Å²) in [5.74, 6) is -8.27. The van der Waals surface area contributed by atoms with Gasteiger partial charge in [-0.05, 0) is 30.7 Å². The van der Waals surface area contributed by atoms with E-state index in [-0.39, 0.29) is 5.56 Å². The second-order valence-corrected chi connectivity index (χ2v) is 4.13. The monoisotopic (exact) mass is 286 g/mol. The molecule has 6 heteroatoms. The molecule has 0 aliphatic carbocycles. The van der Waals surface area contributed by atoms with E-state index in [0.29, 0.717) is 18.2 Å². The van der Waals surface area contributed by atoms with E-state index in [0.717, 1.165) is 6.07 Å². The Labute approximate surface area is 110 Å². The maximum absolute atomic E-state index is 13.5. The van der Waals surface area contributed by atoms with Gasteiger partial charge >= 0.3 is 0 Å². The Bertz CT molecular complexity index is 705. The van der Waals surface area contributed by atoms with Crippen LogP contribution < -0.4 is 0 Å². The zero-order chi connectivity index (χ0) is 15.0. The van der Waals surface area contributed by atoms with Gasteiger partial charge in [0.15, 0.2) is 23.2 Å². The molecule has 2 aromatic carbocycles. The van der Waals surface area contributed by atoms with Gasteiger partial charge in [-0.1, -0.05) is 0 Å². The molecule has 0 aliphatic heterocycles. The predicted octanol–water partition coefficient (Wildman–Crippen LogP) is 3.92. The van der Waals surface area contributed by atoms with Crippen LogP contribution in [0.3, 0.4) is 0 Å². The van der Waals surface area contributed by atoms with E-state index in [9.17, 15) is 26.7 Å². The van der Waals surface area contributed by atoms with E-state index in [1.54, 1.807) is 0 Å². The molecule has 2 rings (SSSR count). The largest absolute Gasteiger partial charge is 0.288 e. The third kappa shape index (κ3) is 2.29. The molecule has 0 aliphatic rings. The number of hydrogen-bond donors (Lipinski definition) is 0. The Morgan fingerprint density at radius 3 is 2.10 bits per heavy atom. The van der Waals surface area contributed by atoms with Crippen molar-refractivity contribution in [2.24, 2.45) is 0 Å². The highest BCUT2D eigenvalue weighted by Crippen LogP contribution is 2.22. The quantitative estimate of drug-likeness (QED) is 0.464. The average Bonchev–Trinajstić information content (AvgIpc) is 2.40. The molecule has 0 unspecified atom stereocenters. The lowest BCUT2D eigenvalue weighted by Gasteiger charge is -2.07. The number of ketones is 1. The second kappa shape index (κ2) is 5.03. The van der Waals surface area contributed by atoms with Crippen LogP contribution in [0.15, 0.2) is 24.3 Å². The highest BCUT2D eigenvalue weighted by atomic mass is 19.2. The van der Waals surface area contributed by atoms with E-state index in [1.807, 2.05) is 0 Å². The SMILES string of the molecule is Cc1cc(C(=O)c2ccc(F)c(F)c2F)c(F)cc1F. The molecule has 0 heterocycles. The van der Waals surface area contributed by atoms with Crippen molar-refractivity contribution in [2.45, 2.75) is 6.92 Å². The van der Waals surface area contributed by atoms with E-state index < -0.39 is 46.0 Å².